The maximum absolute atomic E-state index is 13.9. The third kappa shape index (κ3) is 4.86. The van der Waals surface area contributed by atoms with Crippen molar-refractivity contribution in [3.05, 3.63) is 60.2 Å². The van der Waals surface area contributed by atoms with Crippen LogP contribution in [0.25, 0.3) is 11.0 Å². The molecule has 1 fully saturated rings. The monoisotopic (exact) mass is 455 g/mol. The first-order chi connectivity index (χ1) is 15.8. The number of imidazole rings is 1. The Morgan fingerprint density at radius 2 is 1.91 bits per heavy atom. The number of nitrogens with one attached hydrogen (secondary N) is 1. The highest BCUT2D eigenvalue weighted by Crippen LogP contribution is 2.29. The highest BCUT2D eigenvalue weighted by atomic mass is 19.2. The van der Waals surface area contributed by atoms with Gasteiger partial charge in [-0.25, -0.2) is 13.8 Å². The van der Waals surface area contributed by atoms with Crippen molar-refractivity contribution in [3.8, 4) is 0 Å². The molecule has 0 radical (unpaired) electrons. The summed E-state index contributed by atoms with van der Waals surface area (Å²) >= 11 is 0. The number of likely N-dealkylation sites (tertiary alicyclic amines) is 1. The van der Waals surface area contributed by atoms with Crippen molar-refractivity contribution in [2.45, 2.75) is 39.3 Å². The predicted octanol–water partition coefficient (Wildman–Crippen LogP) is 3.46. The molecule has 33 heavy (non-hydrogen) atoms. The zero-order valence-electron chi connectivity index (χ0n) is 18.7. The van der Waals surface area contributed by atoms with Gasteiger partial charge in [0.15, 0.2) is 11.6 Å². The molecule has 0 saturated carbocycles. The second-order valence-electron chi connectivity index (χ2n) is 8.77. The summed E-state index contributed by atoms with van der Waals surface area (Å²) in [6.45, 7) is 5.16. The molecule has 0 spiro atoms. The fourth-order valence-corrected chi connectivity index (χ4v) is 4.35. The summed E-state index contributed by atoms with van der Waals surface area (Å²) in [5.41, 5.74) is 1.61. The summed E-state index contributed by atoms with van der Waals surface area (Å²) in [4.78, 5) is 35.9. The first kappa shape index (κ1) is 22.8. The minimum absolute atomic E-state index is 0.0236. The molecule has 3 aromatic rings. The Labute approximate surface area is 190 Å². The van der Waals surface area contributed by atoms with Crippen LogP contribution < -0.4 is 5.32 Å². The van der Waals surface area contributed by atoms with E-state index in [1.165, 1.54) is 6.33 Å². The van der Waals surface area contributed by atoms with Gasteiger partial charge in [-0.2, -0.15) is 0 Å². The van der Waals surface area contributed by atoms with Crippen molar-refractivity contribution in [1.82, 2.24) is 24.8 Å². The smallest absolute Gasteiger partial charge is 0.245 e. The molecule has 1 saturated heterocycles. The Bertz CT molecular complexity index is 1140. The van der Waals surface area contributed by atoms with Crippen molar-refractivity contribution >= 4 is 22.8 Å². The Hall–Kier alpha value is -3.36. The Morgan fingerprint density at radius 3 is 2.58 bits per heavy atom. The quantitative estimate of drug-likeness (QED) is 0.617. The first-order valence-corrected chi connectivity index (χ1v) is 11.1. The minimum Gasteiger partial charge on any atom is -0.352 e. The van der Waals surface area contributed by atoms with E-state index in [2.05, 4.69) is 15.3 Å². The van der Waals surface area contributed by atoms with E-state index in [0.717, 1.165) is 17.7 Å². The van der Waals surface area contributed by atoms with Crippen LogP contribution in [0.1, 0.15) is 38.3 Å². The molecule has 7 nitrogen and oxygen atoms in total. The van der Waals surface area contributed by atoms with Crippen molar-refractivity contribution < 1.29 is 18.4 Å². The first-order valence-electron chi connectivity index (χ1n) is 11.1. The summed E-state index contributed by atoms with van der Waals surface area (Å²) in [6, 6.07) is 5.25. The Balaban J connectivity index is 1.41. The third-order valence-corrected chi connectivity index (χ3v) is 6.17. The van der Waals surface area contributed by atoms with Crippen LogP contribution in [0, 0.1) is 23.5 Å². The van der Waals surface area contributed by atoms with Gasteiger partial charge in [-0.05, 0) is 30.4 Å². The normalized spacial score (nSPS) is 15.7. The van der Waals surface area contributed by atoms with Crippen LogP contribution in [0.3, 0.4) is 0 Å². The van der Waals surface area contributed by atoms with E-state index in [0.29, 0.717) is 43.5 Å². The minimum atomic E-state index is -0.975. The lowest BCUT2D eigenvalue weighted by molar-refractivity contribution is -0.139. The Morgan fingerprint density at radius 1 is 1.18 bits per heavy atom. The van der Waals surface area contributed by atoms with Gasteiger partial charge in [0.1, 0.15) is 6.04 Å². The number of pyridine rings is 1. The van der Waals surface area contributed by atoms with Gasteiger partial charge >= 0.3 is 0 Å². The lowest BCUT2D eigenvalue weighted by Crippen LogP contribution is -2.46. The van der Waals surface area contributed by atoms with E-state index < -0.39 is 17.7 Å². The molecular formula is C24H27F2N5O2. The van der Waals surface area contributed by atoms with Gasteiger partial charge in [0.05, 0.1) is 17.4 Å². The fraction of sp³-hybridized carbons (Fsp3) is 0.417. The molecule has 1 unspecified atom stereocenters. The number of carbonyl (C=O) groups excluding carboxylic acids is 2. The summed E-state index contributed by atoms with van der Waals surface area (Å²) in [6.07, 6.45) is 6.00. The molecule has 2 amide bonds. The molecule has 0 bridgehead atoms. The lowest BCUT2D eigenvalue weighted by atomic mass is 9.94. The molecule has 9 heteroatoms. The molecule has 0 aliphatic carbocycles. The number of fused-ring (bicyclic) bond motifs is 1. The second kappa shape index (κ2) is 9.64. The molecule has 1 aliphatic rings. The van der Waals surface area contributed by atoms with Crippen LogP contribution in [0.4, 0.5) is 8.78 Å². The summed E-state index contributed by atoms with van der Waals surface area (Å²) in [5, 5.41) is 2.95. The third-order valence-electron chi connectivity index (χ3n) is 6.17. The predicted molar refractivity (Wildman–Crippen MR) is 119 cm³/mol. The van der Waals surface area contributed by atoms with Gasteiger partial charge in [-0.15, -0.1) is 0 Å². The summed E-state index contributed by atoms with van der Waals surface area (Å²) in [7, 11) is 0. The number of benzene rings is 1. The fourth-order valence-electron chi connectivity index (χ4n) is 4.35. The number of carbonyl (C=O) groups is 2. The number of aromatic nitrogens is 3. The van der Waals surface area contributed by atoms with Crippen molar-refractivity contribution in [2.75, 3.05) is 13.1 Å². The van der Waals surface area contributed by atoms with Crippen molar-refractivity contribution in [2.24, 2.45) is 11.8 Å². The SMILES string of the molecule is CC(C)C(C(=O)N1CCC(C(=O)NCc2cccnc2)CC1)n1cnc2cc(F)c(F)cc21. The standard InChI is InChI=1S/C24H27F2N5O2/c1-15(2)22(31-14-29-20-10-18(25)19(26)11-21(20)31)24(33)30-8-5-17(6-9-30)23(32)28-13-16-4-3-7-27-12-16/h3-4,7,10-12,14-15,17,22H,5-6,8-9,13H2,1-2H3,(H,28,32). The van der Waals surface area contributed by atoms with Crippen LogP contribution in [0.2, 0.25) is 0 Å². The van der Waals surface area contributed by atoms with E-state index in [1.54, 1.807) is 21.9 Å². The van der Waals surface area contributed by atoms with E-state index in [-0.39, 0.29) is 23.7 Å². The van der Waals surface area contributed by atoms with Gasteiger partial charge in [0, 0.05) is 50.1 Å². The van der Waals surface area contributed by atoms with Gasteiger partial charge in [0.2, 0.25) is 11.8 Å². The van der Waals surface area contributed by atoms with Gasteiger partial charge in [-0.3, -0.25) is 14.6 Å². The molecule has 174 valence electrons. The number of halogens is 2. The maximum atomic E-state index is 13.9. The van der Waals surface area contributed by atoms with Crippen molar-refractivity contribution in [1.29, 1.82) is 0 Å². The van der Waals surface area contributed by atoms with Gasteiger partial charge in [-0.1, -0.05) is 19.9 Å². The summed E-state index contributed by atoms with van der Waals surface area (Å²) < 4.78 is 29.1. The van der Waals surface area contributed by atoms with Crippen LogP contribution in [-0.4, -0.2) is 44.3 Å². The molecule has 1 atom stereocenters. The van der Waals surface area contributed by atoms with E-state index in [4.69, 9.17) is 0 Å². The zero-order chi connectivity index (χ0) is 23.5. The molecule has 2 aromatic heterocycles. The van der Waals surface area contributed by atoms with Crippen LogP contribution in [0.5, 0.6) is 0 Å². The number of hydrogen-bond acceptors (Lipinski definition) is 4. The highest BCUT2D eigenvalue weighted by Gasteiger charge is 2.33. The second-order valence-corrected chi connectivity index (χ2v) is 8.77. The number of piperidine rings is 1. The number of hydrogen-bond donors (Lipinski definition) is 1. The lowest BCUT2D eigenvalue weighted by Gasteiger charge is -2.35. The average molecular weight is 456 g/mol. The Kier molecular flexibility index (Phi) is 6.67. The molecule has 1 aromatic carbocycles. The highest BCUT2D eigenvalue weighted by molar-refractivity contribution is 5.85. The van der Waals surface area contributed by atoms with E-state index in [9.17, 15) is 18.4 Å². The van der Waals surface area contributed by atoms with Crippen LogP contribution in [0.15, 0.2) is 43.0 Å². The van der Waals surface area contributed by atoms with Gasteiger partial charge in [0.25, 0.3) is 0 Å². The van der Waals surface area contributed by atoms with Crippen LogP contribution in [-0.2, 0) is 16.1 Å². The molecule has 4 rings (SSSR count). The van der Waals surface area contributed by atoms with E-state index in [1.807, 2.05) is 26.0 Å². The maximum Gasteiger partial charge on any atom is 0.245 e. The topological polar surface area (TPSA) is 80.1 Å². The molecule has 1 aliphatic heterocycles. The van der Waals surface area contributed by atoms with Crippen LogP contribution >= 0.6 is 0 Å². The summed E-state index contributed by atoms with van der Waals surface area (Å²) in [5.74, 6) is -2.33. The number of nitrogens with zero attached hydrogens (tertiary/aromatic N) is 4. The molecule has 3 heterocycles. The van der Waals surface area contributed by atoms with Gasteiger partial charge < -0.3 is 14.8 Å². The number of amides is 2. The molecular weight excluding hydrogens is 428 g/mol. The molecule has 1 N–H and O–H groups in total. The largest absolute Gasteiger partial charge is 0.352 e. The van der Waals surface area contributed by atoms with E-state index >= 15 is 0 Å². The number of rotatable bonds is 6. The van der Waals surface area contributed by atoms with Crippen molar-refractivity contribution in [3.63, 3.8) is 0 Å². The zero-order valence-corrected chi connectivity index (χ0v) is 18.7. The average Bonchev–Trinajstić information content (AvgIpc) is 3.20.